The number of halogens is 2. The first-order chi connectivity index (χ1) is 13.6. The van der Waals surface area contributed by atoms with Gasteiger partial charge in [-0.1, -0.05) is 60.1 Å². The first-order valence-corrected chi connectivity index (χ1v) is 10.6. The van der Waals surface area contributed by atoms with Gasteiger partial charge in [-0.05, 0) is 36.9 Å². The van der Waals surface area contributed by atoms with E-state index in [9.17, 15) is 4.79 Å². The predicted octanol–water partition coefficient (Wildman–Crippen LogP) is 0.580. The summed E-state index contributed by atoms with van der Waals surface area (Å²) >= 11 is 3.51. The third-order valence-electron chi connectivity index (χ3n) is 4.53. The minimum Gasteiger partial charge on any atom is -1.00 e. The van der Waals surface area contributed by atoms with E-state index >= 15 is 0 Å². The Morgan fingerprint density at radius 1 is 1.07 bits per heavy atom. The lowest BCUT2D eigenvalue weighted by Gasteiger charge is -2.18. The van der Waals surface area contributed by atoms with Gasteiger partial charge in [0.2, 0.25) is 0 Å². The first-order valence-electron chi connectivity index (χ1n) is 9.77. The number of ether oxygens (including phenoxy) is 1. The molecule has 0 heterocycles. The molecule has 2 aromatic carbocycles. The van der Waals surface area contributed by atoms with Crippen LogP contribution in [-0.4, -0.2) is 43.6 Å². The SMILES string of the molecule is CCN(CC)CCNCc1cc(Br)ccc1OCC(=O)NCc1ccccc1.[Cl-]. The molecule has 0 spiro atoms. The average Bonchev–Trinajstić information content (AvgIpc) is 2.72. The molecule has 29 heavy (non-hydrogen) atoms. The van der Waals surface area contributed by atoms with Gasteiger partial charge in [-0.25, -0.2) is 0 Å². The van der Waals surface area contributed by atoms with Crippen LogP contribution in [0.3, 0.4) is 0 Å². The largest absolute Gasteiger partial charge is 1.00 e. The van der Waals surface area contributed by atoms with Gasteiger partial charge >= 0.3 is 0 Å². The minimum absolute atomic E-state index is 0. The van der Waals surface area contributed by atoms with E-state index in [4.69, 9.17) is 4.74 Å². The summed E-state index contributed by atoms with van der Waals surface area (Å²) in [7, 11) is 0. The van der Waals surface area contributed by atoms with Crippen LogP contribution in [0, 0.1) is 0 Å². The smallest absolute Gasteiger partial charge is 0.258 e. The fraction of sp³-hybridized carbons (Fsp3) is 0.409. The third-order valence-corrected chi connectivity index (χ3v) is 5.02. The molecule has 5 nitrogen and oxygen atoms in total. The van der Waals surface area contributed by atoms with Crippen LogP contribution in [0.25, 0.3) is 0 Å². The van der Waals surface area contributed by atoms with Crippen molar-refractivity contribution in [2.24, 2.45) is 0 Å². The summed E-state index contributed by atoms with van der Waals surface area (Å²) in [5, 5.41) is 6.34. The molecule has 0 aromatic heterocycles. The molecule has 1 amide bonds. The van der Waals surface area contributed by atoms with Crippen LogP contribution in [-0.2, 0) is 17.9 Å². The standard InChI is InChI=1S/C22H30BrN3O2.ClH/c1-3-26(4-2)13-12-24-16-19-14-20(23)10-11-21(19)28-17-22(27)25-15-18-8-6-5-7-9-18;/h5-11,14,24H,3-4,12-13,15-17H2,1-2H3,(H,25,27);1H/p-1. The van der Waals surface area contributed by atoms with Crippen molar-refractivity contribution in [2.75, 3.05) is 32.8 Å². The van der Waals surface area contributed by atoms with Crippen molar-refractivity contribution in [2.45, 2.75) is 26.9 Å². The summed E-state index contributed by atoms with van der Waals surface area (Å²) < 4.78 is 6.77. The highest BCUT2D eigenvalue weighted by atomic mass is 79.9. The number of hydrogen-bond acceptors (Lipinski definition) is 4. The Balaban J connectivity index is 0.00000420. The van der Waals surface area contributed by atoms with Gasteiger partial charge in [0.1, 0.15) is 5.75 Å². The van der Waals surface area contributed by atoms with E-state index in [1.165, 1.54) is 0 Å². The number of carbonyl (C=O) groups is 1. The average molecular weight is 484 g/mol. The highest BCUT2D eigenvalue weighted by Gasteiger charge is 2.08. The molecule has 0 aliphatic carbocycles. The summed E-state index contributed by atoms with van der Waals surface area (Å²) in [5.74, 6) is 0.598. The number of nitrogens with one attached hydrogen (secondary N) is 2. The van der Waals surface area contributed by atoms with Gasteiger partial charge in [0.15, 0.2) is 6.61 Å². The fourth-order valence-corrected chi connectivity index (χ4v) is 3.23. The second-order valence-corrected chi connectivity index (χ2v) is 7.42. The minimum atomic E-state index is -0.132. The molecule has 0 saturated heterocycles. The zero-order chi connectivity index (χ0) is 20.2. The molecule has 0 aliphatic rings. The van der Waals surface area contributed by atoms with Gasteiger partial charge < -0.3 is 32.7 Å². The fourth-order valence-electron chi connectivity index (χ4n) is 2.82. The normalized spacial score (nSPS) is 10.5. The summed E-state index contributed by atoms with van der Waals surface area (Å²) in [5.41, 5.74) is 2.10. The second-order valence-electron chi connectivity index (χ2n) is 6.51. The van der Waals surface area contributed by atoms with E-state index in [0.29, 0.717) is 13.1 Å². The number of hydrogen-bond donors (Lipinski definition) is 2. The van der Waals surface area contributed by atoms with Crippen molar-refractivity contribution in [3.8, 4) is 5.75 Å². The number of carbonyl (C=O) groups excluding carboxylic acids is 1. The molecular formula is C22H30BrClN3O2-. The lowest BCUT2D eigenvalue weighted by Crippen LogP contribution is -3.00. The zero-order valence-electron chi connectivity index (χ0n) is 17.1. The molecule has 0 radical (unpaired) electrons. The van der Waals surface area contributed by atoms with E-state index in [2.05, 4.69) is 45.3 Å². The molecule has 0 bridgehead atoms. The van der Waals surface area contributed by atoms with E-state index in [1.807, 2.05) is 48.5 Å². The summed E-state index contributed by atoms with van der Waals surface area (Å²) in [4.78, 5) is 14.5. The number of amides is 1. The van der Waals surface area contributed by atoms with Crippen LogP contribution in [0.4, 0.5) is 0 Å². The van der Waals surface area contributed by atoms with Gasteiger partial charge in [-0.2, -0.15) is 0 Å². The molecule has 0 aliphatic heterocycles. The Bertz CT molecular complexity index is 727. The zero-order valence-corrected chi connectivity index (χ0v) is 19.4. The molecule has 7 heteroatoms. The first kappa shape index (κ1) is 25.4. The molecule has 0 unspecified atom stereocenters. The van der Waals surface area contributed by atoms with Crippen LogP contribution >= 0.6 is 15.9 Å². The van der Waals surface area contributed by atoms with Crippen LogP contribution in [0.1, 0.15) is 25.0 Å². The van der Waals surface area contributed by atoms with Crippen LogP contribution in [0.15, 0.2) is 53.0 Å². The monoisotopic (exact) mass is 482 g/mol. The maximum absolute atomic E-state index is 12.1. The van der Waals surface area contributed by atoms with Gasteiger partial charge in [0.05, 0.1) is 0 Å². The van der Waals surface area contributed by atoms with Crippen LogP contribution in [0.5, 0.6) is 5.75 Å². The topological polar surface area (TPSA) is 53.6 Å². The van der Waals surface area contributed by atoms with E-state index in [-0.39, 0.29) is 24.9 Å². The van der Waals surface area contributed by atoms with E-state index in [0.717, 1.165) is 47.5 Å². The van der Waals surface area contributed by atoms with Crippen molar-refractivity contribution in [3.63, 3.8) is 0 Å². The Kier molecular flexibility index (Phi) is 12.6. The second kappa shape index (κ2) is 14.4. The summed E-state index contributed by atoms with van der Waals surface area (Å²) in [6.45, 7) is 9.58. The molecule has 2 aromatic rings. The maximum atomic E-state index is 12.1. The van der Waals surface area contributed by atoms with Crippen molar-refractivity contribution < 1.29 is 21.9 Å². The Hall–Kier alpha value is -1.60. The van der Waals surface area contributed by atoms with Crippen molar-refractivity contribution in [1.82, 2.24) is 15.5 Å². The third kappa shape index (κ3) is 9.63. The highest BCUT2D eigenvalue weighted by Crippen LogP contribution is 2.23. The Morgan fingerprint density at radius 2 is 1.79 bits per heavy atom. The summed E-state index contributed by atoms with van der Waals surface area (Å²) in [6, 6.07) is 15.7. The van der Waals surface area contributed by atoms with E-state index < -0.39 is 0 Å². The van der Waals surface area contributed by atoms with Gasteiger partial charge in [0, 0.05) is 36.2 Å². The van der Waals surface area contributed by atoms with Crippen LogP contribution in [0.2, 0.25) is 0 Å². The maximum Gasteiger partial charge on any atom is 0.258 e. The molecule has 2 N–H and O–H groups in total. The molecule has 0 atom stereocenters. The quantitative estimate of drug-likeness (QED) is 0.434. The Morgan fingerprint density at radius 3 is 2.48 bits per heavy atom. The van der Waals surface area contributed by atoms with Crippen molar-refractivity contribution in [1.29, 1.82) is 0 Å². The lowest BCUT2D eigenvalue weighted by atomic mass is 10.2. The lowest BCUT2D eigenvalue weighted by molar-refractivity contribution is -0.123. The molecule has 0 fully saturated rings. The van der Waals surface area contributed by atoms with Crippen molar-refractivity contribution >= 4 is 21.8 Å². The van der Waals surface area contributed by atoms with Gasteiger partial charge in [-0.15, -0.1) is 0 Å². The van der Waals surface area contributed by atoms with E-state index in [1.54, 1.807) is 0 Å². The van der Waals surface area contributed by atoms with Gasteiger partial charge in [0.25, 0.3) is 5.91 Å². The number of likely N-dealkylation sites (N-methyl/N-ethyl adjacent to an activating group) is 1. The number of nitrogens with zero attached hydrogens (tertiary/aromatic N) is 1. The van der Waals surface area contributed by atoms with Crippen molar-refractivity contribution in [3.05, 3.63) is 64.1 Å². The highest BCUT2D eigenvalue weighted by molar-refractivity contribution is 9.10. The molecule has 0 saturated carbocycles. The number of benzene rings is 2. The van der Waals surface area contributed by atoms with Gasteiger partial charge in [-0.3, -0.25) is 4.79 Å². The predicted molar refractivity (Wildman–Crippen MR) is 117 cm³/mol. The molecular weight excluding hydrogens is 454 g/mol. The molecule has 160 valence electrons. The molecule has 2 rings (SSSR count). The van der Waals surface area contributed by atoms with Crippen LogP contribution < -0.4 is 27.8 Å². The number of rotatable bonds is 12. The Labute approximate surface area is 188 Å². The summed E-state index contributed by atoms with van der Waals surface area (Å²) in [6.07, 6.45) is 0.